The average molecular weight is 227 g/mol. The fourth-order valence-electron chi connectivity index (χ4n) is 2.01. The highest BCUT2D eigenvalue weighted by molar-refractivity contribution is 5.81. The quantitative estimate of drug-likeness (QED) is 0.695. The van der Waals surface area contributed by atoms with E-state index in [9.17, 15) is 0 Å². The Labute approximate surface area is 98.3 Å². The van der Waals surface area contributed by atoms with E-state index < -0.39 is 0 Å². The predicted molar refractivity (Wildman–Crippen MR) is 66.2 cm³/mol. The van der Waals surface area contributed by atoms with E-state index in [1.165, 1.54) is 0 Å². The molecule has 86 valence electrons. The fraction of sp³-hybridized carbons (Fsp3) is 0.167. The summed E-state index contributed by atoms with van der Waals surface area (Å²) in [7, 11) is 1.98. The maximum absolute atomic E-state index is 5.66. The van der Waals surface area contributed by atoms with Crippen molar-refractivity contribution in [3.8, 4) is 11.3 Å². The molecule has 3 rings (SSSR count). The van der Waals surface area contributed by atoms with Crippen LogP contribution in [0.3, 0.4) is 0 Å². The molecule has 0 aliphatic carbocycles. The van der Waals surface area contributed by atoms with Crippen LogP contribution in [-0.2, 0) is 13.6 Å². The summed E-state index contributed by atoms with van der Waals surface area (Å²) in [5, 5.41) is 0. The molecule has 0 saturated carbocycles. The molecule has 2 heterocycles. The van der Waals surface area contributed by atoms with E-state index in [4.69, 9.17) is 5.73 Å². The van der Waals surface area contributed by atoms with Gasteiger partial charge in [-0.2, -0.15) is 0 Å². The topological polar surface area (TPSA) is 72.5 Å². The van der Waals surface area contributed by atoms with Crippen LogP contribution in [0.5, 0.6) is 0 Å². The molecule has 0 aliphatic heterocycles. The maximum Gasteiger partial charge on any atom is 0.0955 e. The Hall–Kier alpha value is -2.14. The number of nitrogens with one attached hydrogen (secondary N) is 1. The number of aromatic amines is 1. The summed E-state index contributed by atoms with van der Waals surface area (Å²) >= 11 is 0. The number of hydrogen-bond donors (Lipinski definition) is 2. The second-order valence-electron chi connectivity index (χ2n) is 3.99. The van der Waals surface area contributed by atoms with Gasteiger partial charge in [-0.3, -0.25) is 0 Å². The van der Waals surface area contributed by atoms with Crippen LogP contribution in [0.15, 0.2) is 30.9 Å². The van der Waals surface area contributed by atoms with Gasteiger partial charge in [-0.25, -0.2) is 9.97 Å². The molecule has 3 N–H and O–H groups in total. The molecule has 0 bridgehead atoms. The van der Waals surface area contributed by atoms with Crippen molar-refractivity contribution in [2.75, 3.05) is 0 Å². The zero-order chi connectivity index (χ0) is 11.8. The number of fused-ring (bicyclic) bond motifs is 1. The Balaban J connectivity index is 2.18. The van der Waals surface area contributed by atoms with Gasteiger partial charge in [0.05, 0.1) is 35.1 Å². The summed E-state index contributed by atoms with van der Waals surface area (Å²) in [6.07, 6.45) is 3.48. The van der Waals surface area contributed by atoms with Crippen LogP contribution >= 0.6 is 0 Å². The van der Waals surface area contributed by atoms with Crippen LogP contribution in [0.1, 0.15) is 5.69 Å². The lowest BCUT2D eigenvalue weighted by Crippen LogP contribution is -1.98. The van der Waals surface area contributed by atoms with Crippen LogP contribution in [0.4, 0.5) is 0 Å². The number of benzene rings is 1. The average Bonchev–Trinajstić information content (AvgIpc) is 2.96. The van der Waals surface area contributed by atoms with Gasteiger partial charge in [0.1, 0.15) is 0 Å². The van der Waals surface area contributed by atoms with Gasteiger partial charge >= 0.3 is 0 Å². The van der Waals surface area contributed by atoms with Crippen LogP contribution in [0, 0.1) is 0 Å². The highest BCUT2D eigenvalue weighted by Gasteiger charge is 2.08. The third-order valence-corrected chi connectivity index (χ3v) is 2.92. The van der Waals surface area contributed by atoms with Crippen molar-refractivity contribution in [1.29, 1.82) is 0 Å². The van der Waals surface area contributed by atoms with E-state index in [1.807, 2.05) is 36.1 Å². The van der Waals surface area contributed by atoms with E-state index in [2.05, 4.69) is 15.0 Å². The lowest BCUT2D eigenvalue weighted by Gasteiger charge is -2.01. The van der Waals surface area contributed by atoms with Crippen molar-refractivity contribution < 1.29 is 0 Å². The minimum absolute atomic E-state index is 0.454. The molecular formula is C12H13N5. The molecule has 5 nitrogen and oxygen atoms in total. The van der Waals surface area contributed by atoms with Gasteiger partial charge in [0.2, 0.25) is 0 Å². The molecule has 0 atom stereocenters. The molecule has 2 aromatic heterocycles. The molecule has 0 aliphatic rings. The molecule has 1 aromatic carbocycles. The zero-order valence-electron chi connectivity index (χ0n) is 9.51. The summed E-state index contributed by atoms with van der Waals surface area (Å²) in [4.78, 5) is 11.7. The first-order chi connectivity index (χ1) is 8.29. The number of nitrogens with two attached hydrogens (primary N) is 1. The smallest absolute Gasteiger partial charge is 0.0955 e. The Morgan fingerprint density at radius 1 is 1.35 bits per heavy atom. The summed E-state index contributed by atoms with van der Waals surface area (Å²) in [5.74, 6) is 0. The molecule has 0 saturated heterocycles. The summed E-state index contributed by atoms with van der Waals surface area (Å²) in [6, 6.07) is 6.12. The second-order valence-corrected chi connectivity index (χ2v) is 3.99. The van der Waals surface area contributed by atoms with Gasteiger partial charge < -0.3 is 15.3 Å². The van der Waals surface area contributed by atoms with E-state index in [0.29, 0.717) is 6.54 Å². The van der Waals surface area contributed by atoms with Crippen LogP contribution in [0.2, 0.25) is 0 Å². The van der Waals surface area contributed by atoms with Crippen LogP contribution < -0.4 is 5.73 Å². The zero-order valence-corrected chi connectivity index (χ0v) is 9.51. The Morgan fingerprint density at radius 2 is 2.24 bits per heavy atom. The second kappa shape index (κ2) is 3.71. The molecule has 0 spiro atoms. The first-order valence-corrected chi connectivity index (χ1v) is 5.43. The number of aromatic nitrogens is 4. The normalized spacial score (nSPS) is 11.2. The molecule has 0 unspecified atom stereocenters. The highest BCUT2D eigenvalue weighted by Crippen LogP contribution is 2.23. The third kappa shape index (κ3) is 1.52. The molecule has 3 aromatic rings. The molecule has 0 fully saturated rings. The lowest BCUT2D eigenvalue weighted by molar-refractivity contribution is 0.948. The number of H-pyrrole nitrogens is 1. The van der Waals surface area contributed by atoms with E-state index in [-0.39, 0.29) is 0 Å². The molecule has 0 amide bonds. The largest absolute Gasteiger partial charge is 0.347 e. The van der Waals surface area contributed by atoms with Crippen molar-refractivity contribution in [3.63, 3.8) is 0 Å². The van der Waals surface area contributed by atoms with Gasteiger partial charge in [0, 0.05) is 19.2 Å². The van der Waals surface area contributed by atoms with Gasteiger partial charge in [-0.05, 0) is 12.1 Å². The number of hydrogen-bond acceptors (Lipinski definition) is 3. The number of imidazole rings is 2. The minimum atomic E-state index is 0.454. The SMILES string of the molecule is Cn1cnc2cc(-c3nc[nH]c3CN)ccc21. The Kier molecular flexibility index (Phi) is 2.19. The molecule has 17 heavy (non-hydrogen) atoms. The summed E-state index contributed by atoms with van der Waals surface area (Å²) in [6.45, 7) is 0.454. The molecular weight excluding hydrogens is 214 g/mol. The van der Waals surface area contributed by atoms with Gasteiger partial charge in [0.25, 0.3) is 0 Å². The Morgan fingerprint density at radius 3 is 3.06 bits per heavy atom. The van der Waals surface area contributed by atoms with E-state index >= 15 is 0 Å². The predicted octanol–water partition coefficient (Wildman–Crippen LogP) is 1.42. The first-order valence-electron chi connectivity index (χ1n) is 5.43. The van der Waals surface area contributed by atoms with Gasteiger partial charge in [0.15, 0.2) is 0 Å². The minimum Gasteiger partial charge on any atom is -0.347 e. The van der Waals surface area contributed by atoms with Crippen molar-refractivity contribution in [2.45, 2.75) is 6.54 Å². The van der Waals surface area contributed by atoms with Crippen LogP contribution in [-0.4, -0.2) is 19.5 Å². The van der Waals surface area contributed by atoms with E-state index in [0.717, 1.165) is 28.0 Å². The lowest BCUT2D eigenvalue weighted by atomic mass is 10.1. The standard InChI is InChI=1S/C12H13N5/c1-17-7-16-9-4-8(2-3-11(9)17)12-10(5-13)14-6-15-12/h2-4,6-7H,5,13H2,1H3,(H,14,15). The number of aryl methyl sites for hydroxylation is 1. The van der Waals surface area contributed by atoms with Crippen LogP contribution in [0.25, 0.3) is 22.3 Å². The fourth-order valence-corrected chi connectivity index (χ4v) is 2.01. The third-order valence-electron chi connectivity index (χ3n) is 2.92. The highest BCUT2D eigenvalue weighted by atomic mass is 15.0. The maximum atomic E-state index is 5.66. The number of rotatable bonds is 2. The van der Waals surface area contributed by atoms with E-state index in [1.54, 1.807) is 6.33 Å². The summed E-state index contributed by atoms with van der Waals surface area (Å²) < 4.78 is 1.99. The van der Waals surface area contributed by atoms with Gasteiger partial charge in [-0.15, -0.1) is 0 Å². The summed E-state index contributed by atoms with van der Waals surface area (Å²) in [5.41, 5.74) is 10.6. The van der Waals surface area contributed by atoms with Crippen molar-refractivity contribution >= 4 is 11.0 Å². The number of nitrogens with zero attached hydrogens (tertiary/aromatic N) is 3. The van der Waals surface area contributed by atoms with Crippen molar-refractivity contribution in [2.24, 2.45) is 12.8 Å². The first kappa shape index (κ1) is 10.0. The van der Waals surface area contributed by atoms with Gasteiger partial charge in [-0.1, -0.05) is 6.07 Å². The Bertz CT molecular complexity index is 664. The molecule has 5 heteroatoms. The molecule has 0 radical (unpaired) electrons. The van der Waals surface area contributed by atoms with Crippen molar-refractivity contribution in [3.05, 3.63) is 36.5 Å². The van der Waals surface area contributed by atoms with Crippen molar-refractivity contribution in [1.82, 2.24) is 19.5 Å². The monoisotopic (exact) mass is 227 g/mol.